The second-order valence-corrected chi connectivity index (χ2v) is 4.31. The summed E-state index contributed by atoms with van der Waals surface area (Å²) in [4.78, 5) is 12.0. The Kier molecular flexibility index (Phi) is 3.62. The predicted octanol–water partition coefficient (Wildman–Crippen LogP) is 2.28. The average molecular weight is 254 g/mol. The number of hydrogen-bond acceptors (Lipinski definition) is 3. The number of carbonyl (C=O) groups is 1. The minimum atomic E-state index is -0.203. The molecule has 0 aliphatic carbocycles. The van der Waals surface area contributed by atoms with Crippen molar-refractivity contribution in [2.75, 3.05) is 5.32 Å². The van der Waals surface area contributed by atoms with Crippen LogP contribution in [0.5, 0.6) is 0 Å². The molecule has 0 saturated carbocycles. The Hall–Kier alpha value is -2.61. The van der Waals surface area contributed by atoms with Crippen molar-refractivity contribution in [3.63, 3.8) is 0 Å². The summed E-state index contributed by atoms with van der Waals surface area (Å²) < 4.78 is 1.47. The molecular weight excluding hydrogens is 240 g/mol. The number of aryl methyl sites for hydroxylation is 2. The minimum Gasteiger partial charge on any atom is -0.305 e. The molecule has 5 heteroatoms. The van der Waals surface area contributed by atoms with E-state index in [2.05, 4.69) is 10.4 Å². The van der Waals surface area contributed by atoms with Crippen LogP contribution < -0.4 is 5.32 Å². The Morgan fingerprint density at radius 1 is 1.37 bits per heavy atom. The van der Waals surface area contributed by atoms with Crippen LogP contribution >= 0.6 is 0 Å². The predicted molar refractivity (Wildman–Crippen MR) is 71.7 cm³/mol. The van der Waals surface area contributed by atoms with Crippen LogP contribution in [0, 0.1) is 25.2 Å². The van der Waals surface area contributed by atoms with Gasteiger partial charge < -0.3 is 5.32 Å². The van der Waals surface area contributed by atoms with E-state index in [0.29, 0.717) is 11.4 Å². The maximum Gasteiger partial charge on any atom is 0.256 e. The molecule has 0 aliphatic rings. The van der Waals surface area contributed by atoms with E-state index >= 15 is 0 Å². The van der Waals surface area contributed by atoms with Gasteiger partial charge in [0, 0.05) is 17.8 Å². The first kappa shape index (κ1) is 12.8. The molecular formula is C14H14N4O. The summed E-state index contributed by atoms with van der Waals surface area (Å²) in [5.74, 6) is 0.240. The van der Waals surface area contributed by atoms with E-state index in [-0.39, 0.29) is 12.5 Å². The van der Waals surface area contributed by atoms with Gasteiger partial charge in [-0.2, -0.15) is 10.4 Å². The minimum absolute atomic E-state index is 0.166. The molecule has 1 N–H and O–H groups in total. The van der Waals surface area contributed by atoms with Gasteiger partial charge in [0.25, 0.3) is 5.91 Å². The molecule has 2 aromatic rings. The first-order valence-corrected chi connectivity index (χ1v) is 5.89. The van der Waals surface area contributed by atoms with Crippen molar-refractivity contribution in [3.05, 3.63) is 47.2 Å². The number of nitrogens with one attached hydrogen (secondary N) is 1. The van der Waals surface area contributed by atoms with Crippen LogP contribution in [0.1, 0.15) is 21.5 Å². The van der Waals surface area contributed by atoms with Gasteiger partial charge in [-0.15, -0.1) is 0 Å². The van der Waals surface area contributed by atoms with Crippen LogP contribution in [0.2, 0.25) is 0 Å². The molecule has 5 nitrogen and oxygen atoms in total. The molecule has 1 aromatic carbocycles. The Morgan fingerprint density at radius 2 is 2.16 bits per heavy atom. The lowest BCUT2D eigenvalue weighted by Crippen LogP contribution is -2.13. The molecule has 19 heavy (non-hydrogen) atoms. The summed E-state index contributed by atoms with van der Waals surface area (Å²) in [6.45, 7) is 4.13. The van der Waals surface area contributed by atoms with E-state index in [0.717, 1.165) is 11.1 Å². The SMILES string of the molecule is Cc1ccc(C(=O)Nc2ccn(CC#N)n2)cc1C. The van der Waals surface area contributed by atoms with Crippen molar-refractivity contribution in [2.24, 2.45) is 0 Å². The monoisotopic (exact) mass is 254 g/mol. The number of nitrogens with zero attached hydrogens (tertiary/aromatic N) is 3. The highest BCUT2D eigenvalue weighted by Crippen LogP contribution is 2.12. The smallest absolute Gasteiger partial charge is 0.256 e. The van der Waals surface area contributed by atoms with Crippen molar-refractivity contribution in [1.29, 1.82) is 5.26 Å². The van der Waals surface area contributed by atoms with Crippen LogP contribution in [0.15, 0.2) is 30.5 Å². The van der Waals surface area contributed by atoms with Gasteiger partial charge in [0.05, 0.1) is 6.07 Å². The van der Waals surface area contributed by atoms with Crippen molar-refractivity contribution >= 4 is 11.7 Å². The number of rotatable bonds is 3. The van der Waals surface area contributed by atoms with E-state index in [1.165, 1.54) is 4.68 Å². The van der Waals surface area contributed by atoms with E-state index in [4.69, 9.17) is 5.26 Å². The van der Waals surface area contributed by atoms with Crippen molar-refractivity contribution in [3.8, 4) is 6.07 Å². The summed E-state index contributed by atoms with van der Waals surface area (Å²) >= 11 is 0. The van der Waals surface area contributed by atoms with Gasteiger partial charge >= 0.3 is 0 Å². The fourth-order valence-electron chi connectivity index (χ4n) is 1.66. The number of aromatic nitrogens is 2. The summed E-state index contributed by atoms with van der Waals surface area (Å²) in [5.41, 5.74) is 2.82. The van der Waals surface area contributed by atoms with Crippen LogP contribution in [0.25, 0.3) is 0 Å². The van der Waals surface area contributed by atoms with Crippen molar-refractivity contribution in [1.82, 2.24) is 9.78 Å². The lowest BCUT2D eigenvalue weighted by Gasteiger charge is -2.05. The zero-order valence-corrected chi connectivity index (χ0v) is 10.8. The third kappa shape index (κ3) is 2.99. The Balaban J connectivity index is 2.11. The lowest BCUT2D eigenvalue weighted by atomic mass is 10.1. The van der Waals surface area contributed by atoms with Gasteiger partial charge in [0.2, 0.25) is 0 Å². The number of carbonyl (C=O) groups excluding carboxylic acids is 1. The third-order valence-electron chi connectivity index (χ3n) is 2.88. The topological polar surface area (TPSA) is 70.7 Å². The molecule has 0 fully saturated rings. The summed E-state index contributed by atoms with van der Waals surface area (Å²) in [6.07, 6.45) is 1.65. The van der Waals surface area contributed by atoms with E-state index in [9.17, 15) is 4.79 Å². The van der Waals surface area contributed by atoms with Crippen molar-refractivity contribution < 1.29 is 4.79 Å². The highest BCUT2D eigenvalue weighted by atomic mass is 16.1. The Bertz CT molecular complexity index is 652. The number of benzene rings is 1. The number of nitriles is 1. The lowest BCUT2D eigenvalue weighted by molar-refractivity contribution is 0.102. The first-order chi connectivity index (χ1) is 9.10. The summed E-state index contributed by atoms with van der Waals surface area (Å²) in [6, 6.07) is 9.19. The van der Waals surface area contributed by atoms with Gasteiger partial charge in [0.15, 0.2) is 5.82 Å². The highest BCUT2D eigenvalue weighted by Gasteiger charge is 2.08. The Labute approximate surface area is 111 Å². The van der Waals surface area contributed by atoms with Crippen molar-refractivity contribution in [2.45, 2.75) is 20.4 Å². The molecule has 0 aliphatic heterocycles. The largest absolute Gasteiger partial charge is 0.305 e. The van der Waals surface area contributed by atoms with Crippen LogP contribution in [-0.2, 0) is 6.54 Å². The van der Waals surface area contributed by atoms with Gasteiger partial charge in [-0.3, -0.25) is 9.48 Å². The summed E-state index contributed by atoms with van der Waals surface area (Å²) in [5, 5.41) is 15.3. The van der Waals surface area contributed by atoms with Crippen LogP contribution in [-0.4, -0.2) is 15.7 Å². The standard InChI is InChI=1S/C14H14N4O/c1-10-3-4-12(9-11(10)2)14(19)16-13-5-7-18(17-13)8-6-15/h3-5,7,9H,8H2,1-2H3,(H,16,17,19). The Morgan fingerprint density at radius 3 is 2.84 bits per heavy atom. The zero-order valence-electron chi connectivity index (χ0n) is 10.8. The van der Waals surface area contributed by atoms with Gasteiger partial charge in [-0.25, -0.2) is 0 Å². The molecule has 2 rings (SSSR count). The number of amides is 1. The molecule has 96 valence electrons. The van der Waals surface area contributed by atoms with Gasteiger partial charge in [-0.05, 0) is 37.1 Å². The van der Waals surface area contributed by atoms with Gasteiger partial charge in [-0.1, -0.05) is 6.07 Å². The average Bonchev–Trinajstić information content (AvgIpc) is 2.80. The highest BCUT2D eigenvalue weighted by molar-refractivity contribution is 6.03. The molecule has 0 bridgehead atoms. The molecule has 0 unspecified atom stereocenters. The molecule has 1 amide bonds. The molecule has 1 aromatic heterocycles. The van der Waals surface area contributed by atoms with Gasteiger partial charge in [0.1, 0.15) is 6.54 Å². The molecule has 0 atom stereocenters. The molecule has 0 saturated heterocycles. The third-order valence-corrected chi connectivity index (χ3v) is 2.88. The fraction of sp³-hybridized carbons (Fsp3) is 0.214. The quantitative estimate of drug-likeness (QED) is 0.913. The van der Waals surface area contributed by atoms with E-state index in [1.807, 2.05) is 32.0 Å². The first-order valence-electron chi connectivity index (χ1n) is 5.89. The summed E-state index contributed by atoms with van der Waals surface area (Å²) in [7, 11) is 0. The van der Waals surface area contributed by atoms with E-state index in [1.54, 1.807) is 18.3 Å². The second-order valence-electron chi connectivity index (χ2n) is 4.31. The normalized spacial score (nSPS) is 9.95. The maximum absolute atomic E-state index is 12.0. The number of hydrogen-bond donors (Lipinski definition) is 1. The maximum atomic E-state index is 12.0. The molecule has 0 radical (unpaired) electrons. The molecule has 1 heterocycles. The second kappa shape index (κ2) is 5.36. The molecule has 0 spiro atoms. The van der Waals surface area contributed by atoms with Crippen LogP contribution in [0.3, 0.4) is 0 Å². The zero-order chi connectivity index (χ0) is 13.8. The van der Waals surface area contributed by atoms with Crippen LogP contribution in [0.4, 0.5) is 5.82 Å². The number of anilines is 1. The fourth-order valence-corrected chi connectivity index (χ4v) is 1.66. The van der Waals surface area contributed by atoms with E-state index < -0.39 is 0 Å².